The van der Waals surface area contributed by atoms with Crippen LogP contribution in [0.15, 0.2) is 9.63 Å². The maximum atomic E-state index is 12.7. The molecule has 1 aliphatic rings. The van der Waals surface area contributed by atoms with Crippen molar-refractivity contribution in [2.24, 2.45) is 7.05 Å². The zero-order valence-electron chi connectivity index (χ0n) is 10.9. The molecule has 0 bridgehead atoms. The molecule has 11 heteroatoms. The van der Waals surface area contributed by atoms with E-state index in [4.69, 9.17) is 0 Å². The fourth-order valence-corrected chi connectivity index (χ4v) is 4.59. The number of carbonyl (C=O) groups is 2. The van der Waals surface area contributed by atoms with E-state index < -0.39 is 33.9 Å². The number of piperazine rings is 1. The summed E-state index contributed by atoms with van der Waals surface area (Å²) in [6, 6.07) is 0. The summed E-state index contributed by atoms with van der Waals surface area (Å²) in [6.07, 6.45) is 0. The van der Waals surface area contributed by atoms with Gasteiger partial charge in [-0.3, -0.25) is 14.9 Å². The molecular formula is C9H12BrN5O4S. The van der Waals surface area contributed by atoms with E-state index in [1.807, 2.05) is 0 Å². The molecule has 0 spiro atoms. The number of imide groups is 1. The van der Waals surface area contributed by atoms with Crippen molar-refractivity contribution in [2.75, 3.05) is 6.54 Å². The first-order chi connectivity index (χ1) is 9.08. The zero-order valence-corrected chi connectivity index (χ0v) is 13.3. The van der Waals surface area contributed by atoms with Gasteiger partial charge in [-0.25, -0.2) is 13.1 Å². The Kier molecular flexibility index (Phi) is 3.47. The molecule has 1 saturated heterocycles. The Morgan fingerprint density at radius 3 is 2.45 bits per heavy atom. The van der Waals surface area contributed by atoms with Crippen LogP contribution >= 0.6 is 15.9 Å². The van der Waals surface area contributed by atoms with Crippen molar-refractivity contribution in [2.45, 2.75) is 24.4 Å². The second-order valence-electron chi connectivity index (χ2n) is 4.76. The Morgan fingerprint density at radius 1 is 1.35 bits per heavy atom. The highest BCUT2D eigenvalue weighted by Gasteiger charge is 2.49. The summed E-state index contributed by atoms with van der Waals surface area (Å²) in [7, 11) is -2.70. The second-order valence-corrected chi connectivity index (χ2v) is 7.29. The molecule has 9 nitrogen and oxygen atoms in total. The Balaban J connectivity index is 2.59. The first kappa shape index (κ1) is 15.1. The van der Waals surface area contributed by atoms with Gasteiger partial charge in [-0.15, -0.1) is 5.10 Å². The van der Waals surface area contributed by atoms with E-state index in [0.717, 1.165) is 8.99 Å². The number of nitrogens with one attached hydrogen (secondary N) is 1. The third-order valence-electron chi connectivity index (χ3n) is 2.99. The minimum Gasteiger partial charge on any atom is -0.294 e. The fraction of sp³-hybridized carbons (Fsp3) is 0.556. The van der Waals surface area contributed by atoms with Crippen LogP contribution < -0.4 is 5.32 Å². The number of sulfonamides is 1. The Hall–Kier alpha value is -1.33. The minimum absolute atomic E-state index is 0.0224. The van der Waals surface area contributed by atoms with Crippen molar-refractivity contribution >= 4 is 37.8 Å². The van der Waals surface area contributed by atoms with Gasteiger partial charge in [-0.1, -0.05) is 5.21 Å². The molecule has 1 aromatic rings. The molecule has 0 radical (unpaired) electrons. The molecule has 0 aliphatic carbocycles. The molecule has 0 atom stereocenters. The summed E-state index contributed by atoms with van der Waals surface area (Å²) in [5, 5.41) is 9.09. The standard InChI is InChI=1S/C9H12BrN5O4S/c1-9(2)8(17)11-5(16)4-15(9)20(18,19)7-6(10)12-13-14(7)3/h4H2,1-3H3,(H,11,16,17). The van der Waals surface area contributed by atoms with Crippen LogP contribution in [0.1, 0.15) is 13.8 Å². The van der Waals surface area contributed by atoms with E-state index in [0.29, 0.717) is 0 Å². The van der Waals surface area contributed by atoms with E-state index in [1.54, 1.807) is 0 Å². The molecule has 1 fully saturated rings. The van der Waals surface area contributed by atoms with Gasteiger partial charge < -0.3 is 0 Å². The molecule has 2 amide bonds. The smallest absolute Gasteiger partial charge is 0.264 e. The molecule has 110 valence electrons. The summed E-state index contributed by atoms with van der Waals surface area (Å²) in [5.74, 6) is -1.35. The van der Waals surface area contributed by atoms with Crippen molar-refractivity contribution in [3.8, 4) is 0 Å². The van der Waals surface area contributed by atoms with Crippen LogP contribution in [-0.4, -0.2) is 51.6 Å². The molecule has 2 rings (SSSR count). The van der Waals surface area contributed by atoms with Gasteiger partial charge >= 0.3 is 0 Å². The average Bonchev–Trinajstić information content (AvgIpc) is 2.64. The van der Waals surface area contributed by atoms with Crippen LogP contribution in [0.5, 0.6) is 0 Å². The molecule has 1 aliphatic heterocycles. The number of nitrogens with zero attached hydrogens (tertiary/aromatic N) is 4. The van der Waals surface area contributed by atoms with Crippen molar-refractivity contribution in [3.63, 3.8) is 0 Å². The van der Waals surface area contributed by atoms with Crippen LogP contribution in [0.3, 0.4) is 0 Å². The number of aromatic nitrogens is 3. The Labute approximate surface area is 123 Å². The quantitative estimate of drug-likeness (QED) is 0.672. The molecule has 1 aromatic heterocycles. The van der Waals surface area contributed by atoms with E-state index in [1.165, 1.54) is 20.9 Å². The topological polar surface area (TPSA) is 114 Å². The van der Waals surface area contributed by atoms with Crippen molar-refractivity contribution < 1.29 is 18.0 Å². The van der Waals surface area contributed by atoms with Gasteiger partial charge in [0.15, 0.2) is 4.60 Å². The number of hydrogen-bond donors (Lipinski definition) is 1. The van der Waals surface area contributed by atoms with E-state index in [9.17, 15) is 18.0 Å². The van der Waals surface area contributed by atoms with Gasteiger partial charge in [0.1, 0.15) is 5.54 Å². The normalized spacial score (nSPS) is 20.0. The predicted molar refractivity (Wildman–Crippen MR) is 69.8 cm³/mol. The van der Waals surface area contributed by atoms with E-state index >= 15 is 0 Å². The number of hydrogen-bond acceptors (Lipinski definition) is 6. The SMILES string of the molecule is Cn1nnc(Br)c1S(=O)(=O)N1CC(=O)NC(=O)C1(C)C. The van der Waals surface area contributed by atoms with Crippen LogP contribution in [-0.2, 0) is 26.7 Å². The highest BCUT2D eigenvalue weighted by Crippen LogP contribution is 2.29. The minimum atomic E-state index is -4.11. The number of rotatable bonds is 2. The molecule has 0 saturated carbocycles. The summed E-state index contributed by atoms with van der Waals surface area (Å²) in [5.41, 5.74) is -1.39. The van der Waals surface area contributed by atoms with Crippen molar-refractivity contribution in [3.05, 3.63) is 4.60 Å². The third kappa shape index (κ3) is 2.15. The Bertz CT molecular complexity index is 676. The van der Waals surface area contributed by atoms with Crippen LogP contribution in [0.2, 0.25) is 0 Å². The van der Waals surface area contributed by atoms with Gasteiger partial charge in [0, 0.05) is 7.05 Å². The number of carbonyl (C=O) groups excluding carboxylic acids is 2. The van der Waals surface area contributed by atoms with E-state index in [2.05, 4.69) is 31.6 Å². The highest BCUT2D eigenvalue weighted by molar-refractivity contribution is 9.10. The first-order valence-electron chi connectivity index (χ1n) is 5.51. The molecule has 2 heterocycles. The van der Waals surface area contributed by atoms with Gasteiger partial charge in [0.25, 0.3) is 10.0 Å². The molecule has 20 heavy (non-hydrogen) atoms. The maximum Gasteiger partial charge on any atom is 0.264 e. The van der Waals surface area contributed by atoms with Crippen molar-refractivity contribution in [1.82, 2.24) is 24.6 Å². The molecule has 0 aromatic carbocycles. The van der Waals surface area contributed by atoms with Crippen molar-refractivity contribution in [1.29, 1.82) is 0 Å². The van der Waals surface area contributed by atoms with E-state index in [-0.39, 0.29) is 9.63 Å². The summed E-state index contributed by atoms with van der Waals surface area (Å²) in [4.78, 5) is 23.3. The molecule has 1 N–H and O–H groups in total. The summed E-state index contributed by atoms with van der Waals surface area (Å²) < 4.78 is 27.2. The average molecular weight is 366 g/mol. The fourth-order valence-electron chi connectivity index (χ4n) is 1.85. The van der Waals surface area contributed by atoms with Crippen LogP contribution in [0, 0.1) is 0 Å². The van der Waals surface area contributed by atoms with Gasteiger partial charge in [0.05, 0.1) is 6.54 Å². The number of aryl methyl sites for hydroxylation is 1. The lowest BCUT2D eigenvalue weighted by atomic mass is 10.0. The number of amides is 2. The van der Waals surface area contributed by atoms with Gasteiger partial charge in [-0.05, 0) is 29.8 Å². The first-order valence-corrected chi connectivity index (χ1v) is 7.74. The number of halogens is 1. The lowest BCUT2D eigenvalue weighted by molar-refractivity contribution is -0.141. The zero-order chi connectivity index (χ0) is 15.3. The summed E-state index contributed by atoms with van der Waals surface area (Å²) >= 11 is 3.00. The Morgan fingerprint density at radius 2 is 1.95 bits per heavy atom. The third-order valence-corrected chi connectivity index (χ3v) is 5.90. The van der Waals surface area contributed by atoms with Gasteiger partial charge in [-0.2, -0.15) is 4.31 Å². The largest absolute Gasteiger partial charge is 0.294 e. The van der Waals surface area contributed by atoms with Gasteiger partial charge in [0.2, 0.25) is 16.8 Å². The summed E-state index contributed by atoms with van der Waals surface area (Å²) in [6.45, 7) is 2.40. The predicted octanol–water partition coefficient (Wildman–Crippen LogP) is -0.997. The lowest BCUT2D eigenvalue weighted by Crippen LogP contribution is -2.65. The molecular weight excluding hydrogens is 354 g/mol. The lowest BCUT2D eigenvalue weighted by Gasteiger charge is -2.38. The monoisotopic (exact) mass is 365 g/mol. The second kappa shape index (κ2) is 4.60. The van der Waals surface area contributed by atoms with Crippen LogP contribution in [0.25, 0.3) is 0 Å². The highest BCUT2D eigenvalue weighted by atomic mass is 79.9. The molecule has 0 unspecified atom stereocenters. The maximum absolute atomic E-state index is 12.7. The van der Waals surface area contributed by atoms with Crippen LogP contribution in [0.4, 0.5) is 0 Å².